The Labute approximate surface area is 181 Å². The van der Waals surface area contributed by atoms with Crippen LogP contribution in [-0.2, 0) is 6.54 Å². The fraction of sp³-hybridized carbons (Fsp3) is 0.409. The first-order chi connectivity index (χ1) is 13.9. The van der Waals surface area contributed by atoms with Gasteiger partial charge in [0.25, 0.3) is 0 Å². The summed E-state index contributed by atoms with van der Waals surface area (Å²) in [5.74, 6) is -0.310. The van der Waals surface area contributed by atoms with E-state index in [4.69, 9.17) is 23.2 Å². The van der Waals surface area contributed by atoms with Gasteiger partial charge in [0.2, 0.25) is 0 Å². The summed E-state index contributed by atoms with van der Waals surface area (Å²) in [6, 6.07) is 11.3. The third kappa shape index (κ3) is 5.21. The van der Waals surface area contributed by atoms with Crippen molar-refractivity contribution in [1.29, 1.82) is 0 Å². The fourth-order valence-corrected chi connectivity index (χ4v) is 4.25. The quantitative estimate of drug-likeness (QED) is 0.636. The maximum atomic E-state index is 14.3. The number of amides is 2. The Kier molecular flexibility index (Phi) is 7.38. The number of hydrogen-bond donors (Lipinski definition) is 1. The summed E-state index contributed by atoms with van der Waals surface area (Å²) in [5.41, 5.74) is 1.24. The van der Waals surface area contributed by atoms with Crippen LogP contribution in [0.2, 0.25) is 10.0 Å². The number of benzene rings is 2. The number of halogens is 3. The average molecular weight is 438 g/mol. The van der Waals surface area contributed by atoms with Crippen molar-refractivity contribution in [2.24, 2.45) is 0 Å². The molecule has 0 spiro atoms. The maximum absolute atomic E-state index is 14.3. The first-order valence-corrected chi connectivity index (χ1v) is 10.6. The summed E-state index contributed by atoms with van der Waals surface area (Å²) in [6.45, 7) is 2.96. The molecule has 0 saturated carbocycles. The number of piperidine rings is 1. The Balaban J connectivity index is 1.83. The maximum Gasteiger partial charge on any atom is 0.319 e. The molecule has 1 fully saturated rings. The number of carbonyl (C=O) groups excluding carboxylic acids is 1. The molecular weight excluding hydrogens is 412 g/mol. The molecule has 0 radical (unpaired) electrons. The predicted molar refractivity (Wildman–Crippen MR) is 116 cm³/mol. The van der Waals surface area contributed by atoms with Gasteiger partial charge in [-0.2, -0.15) is 0 Å². The van der Waals surface area contributed by atoms with Crippen molar-refractivity contribution in [3.63, 3.8) is 0 Å². The van der Waals surface area contributed by atoms with Crippen molar-refractivity contribution < 1.29 is 9.18 Å². The van der Waals surface area contributed by atoms with Gasteiger partial charge in [0.15, 0.2) is 0 Å². The highest BCUT2D eigenvalue weighted by molar-refractivity contribution is 6.42. The van der Waals surface area contributed by atoms with Gasteiger partial charge in [-0.05, 0) is 57.5 Å². The van der Waals surface area contributed by atoms with Crippen LogP contribution in [0.3, 0.4) is 0 Å². The zero-order chi connectivity index (χ0) is 21.0. The molecule has 3 rings (SSSR count). The second-order valence-corrected chi connectivity index (χ2v) is 8.28. The summed E-state index contributed by atoms with van der Waals surface area (Å²) in [4.78, 5) is 17.1. The third-order valence-electron chi connectivity index (χ3n) is 5.44. The molecule has 1 saturated heterocycles. The van der Waals surface area contributed by atoms with Crippen molar-refractivity contribution in [3.8, 4) is 0 Å². The summed E-state index contributed by atoms with van der Waals surface area (Å²) >= 11 is 12.4. The number of likely N-dealkylation sites (tertiary alicyclic amines) is 1. The van der Waals surface area contributed by atoms with Gasteiger partial charge in [0.1, 0.15) is 5.82 Å². The number of carbonyl (C=O) groups is 1. The van der Waals surface area contributed by atoms with Crippen LogP contribution in [0.1, 0.15) is 43.4 Å². The smallest absolute Gasteiger partial charge is 0.319 e. The lowest BCUT2D eigenvalue weighted by molar-refractivity contribution is 0.0492. The summed E-state index contributed by atoms with van der Waals surface area (Å²) < 4.78 is 14.3. The van der Waals surface area contributed by atoms with Crippen LogP contribution >= 0.6 is 23.2 Å². The summed E-state index contributed by atoms with van der Waals surface area (Å²) in [6.07, 6.45) is 2.89. The van der Waals surface area contributed by atoms with E-state index < -0.39 is 0 Å². The largest absolute Gasteiger partial charge is 0.331 e. The molecular formula is C22H26Cl2FN3O. The minimum Gasteiger partial charge on any atom is -0.331 e. The normalized spacial score (nSPS) is 18.3. The van der Waals surface area contributed by atoms with Crippen molar-refractivity contribution in [2.45, 2.75) is 44.9 Å². The lowest BCUT2D eigenvalue weighted by atomic mass is 10.1. The number of rotatable bonds is 5. The second-order valence-electron chi connectivity index (χ2n) is 7.49. The molecule has 1 aliphatic heterocycles. The van der Waals surface area contributed by atoms with Gasteiger partial charge in [-0.25, -0.2) is 9.18 Å². The molecule has 0 aliphatic carbocycles. The van der Waals surface area contributed by atoms with Crippen molar-refractivity contribution in [1.82, 2.24) is 15.1 Å². The standard InChI is InChI=1S/C22H26Cl2FN3O/c1-15(17-9-7-10-18(23)21(17)24)26-22(29)28(20-12-5-6-13-27(20)2)14-16-8-3-4-11-19(16)25/h3-4,7-11,15,20H,5-6,12-14H2,1-2H3,(H,26,29). The molecule has 0 bridgehead atoms. The van der Waals surface area contributed by atoms with Gasteiger partial charge in [-0.3, -0.25) is 4.90 Å². The zero-order valence-electron chi connectivity index (χ0n) is 16.7. The fourth-order valence-electron chi connectivity index (χ4n) is 3.77. The first-order valence-electron chi connectivity index (χ1n) is 9.83. The average Bonchev–Trinajstić information content (AvgIpc) is 2.70. The molecule has 1 aliphatic rings. The molecule has 1 N–H and O–H groups in total. The Morgan fingerprint density at radius 3 is 2.72 bits per heavy atom. The van der Waals surface area contributed by atoms with E-state index in [1.165, 1.54) is 6.07 Å². The number of urea groups is 1. The monoisotopic (exact) mass is 437 g/mol. The highest BCUT2D eigenvalue weighted by atomic mass is 35.5. The Morgan fingerprint density at radius 1 is 1.24 bits per heavy atom. The van der Waals surface area contributed by atoms with Gasteiger partial charge in [-0.1, -0.05) is 53.5 Å². The minimum atomic E-state index is -0.342. The number of nitrogens with one attached hydrogen (secondary N) is 1. The molecule has 156 valence electrons. The van der Waals surface area contributed by atoms with E-state index in [-0.39, 0.29) is 30.6 Å². The van der Waals surface area contributed by atoms with Crippen LogP contribution in [0.5, 0.6) is 0 Å². The second kappa shape index (κ2) is 9.79. The van der Waals surface area contributed by atoms with E-state index in [1.807, 2.05) is 20.0 Å². The zero-order valence-corrected chi connectivity index (χ0v) is 18.2. The van der Waals surface area contributed by atoms with Crippen molar-refractivity contribution in [3.05, 3.63) is 69.5 Å². The van der Waals surface area contributed by atoms with Gasteiger partial charge in [0.05, 0.1) is 28.8 Å². The number of hydrogen-bond acceptors (Lipinski definition) is 2. The Hall–Kier alpha value is -1.82. The molecule has 2 aromatic carbocycles. The van der Waals surface area contributed by atoms with Crippen LogP contribution in [-0.4, -0.2) is 35.6 Å². The predicted octanol–water partition coefficient (Wildman–Crippen LogP) is 5.85. The summed E-state index contributed by atoms with van der Waals surface area (Å²) in [5, 5.41) is 3.89. The molecule has 2 unspecified atom stereocenters. The van der Waals surface area contributed by atoms with E-state index in [2.05, 4.69) is 10.2 Å². The molecule has 1 heterocycles. The summed E-state index contributed by atoms with van der Waals surface area (Å²) in [7, 11) is 2.00. The van der Waals surface area contributed by atoms with E-state index in [9.17, 15) is 9.18 Å². The van der Waals surface area contributed by atoms with Crippen LogP contribution < -0.4 is 5.32 Å². The van der Waals surface area contributed by atoms with Gasteiger partial charge in [-0.15, -0.1) is 0 Å². The highest BCUT2D eigenvalue weighted by Crippen LogP contribution is 2.30. The van der Waals surface area contributed by atoms with E-state index in [0.29, 0.717) is 15.6 Å². The Morgan fingerprint density at radius 2 is 2.00 bits per heavy atom. The number of nitrogens with zero attached hydrogens (tertiary/aromatic N) is 2. The van der Waals surface area contributed by atoms with Gasteiger partial charge >= 0.3 is 6.03 Å². The van der Waals surface area contributed by atoms with Crippen molar-refractivity contribution in [2.75, 3.05) is 13.6 Å². The molecule has 29 heavy (non-hydrogen) atoms. The molecule has 2 amide bonds. The van der Waals surface area contributed by atoms with Gasteiger partial charge < -0.3 is 10.2 Å². The SMILES string of the molecule is CC(NC(=O)N(Cc1ccccc1F)C1CCCCN1C)c1cccc(Cl)c1Cl. The van der Waals surface area contributed by atoms with Crippen LogP contribution in [0, 0.1) is 5.82 Å². The molecule has 7 heteroatoms. The van der Waals surface area contributed by atoms with Crippen LogP contribution in [0.25, 0.3) is 0 Å². The third-order valence-corrected chi connectivity index (χ3v) is 6.27. The van der Waals surface area contributed by atoms with Gasteiger partial charge in [0, 0.05) is 5.56 Å². The lowest BCUT2D eigenvalue weighted by Crippen LogP contribution is -2.54. The minimum absolute atomic E-state index is 0.0922. The topological polar surface area (TPSA) is 35.6 Å². The molecule has 2 atom stereocenters. The van der Waals surface area contributed by atoms with Crippen molar-refractivity contribution >= 4 is 29.2 Å². The lowest BCUT2D eigenvalue weighted by Gasteiger charge is -2.41. The first kappa shape index (κ1) is 21.9. The Bertz CT molecular complexity index is 864. The molecule has 2 aromatic rings. The molecule has 0 aromatic heterocycles. The van der Waals surface area contributed by atoms with E-state index in [0.717, 1.165) is 31.4 Å². The highest BCUT2D eigenvalue weighted by Gasteiger charge is 2.30. The van der Waals surface area contributed by atoms with Crippen LogP contribution in [0.15, 0.2) is 42.5 Å². The van der Waals surface area contributed by atoms with E-state index >= 15 is 0 Å². The van der Waals surface area contributed by atoms with Crippen LogP contribution in [0.4, 0.5) is 9.18 Å². The molecule has 4 nitrogen and oxygen atoms in total. The van der Waals surface area contributed by atoms with E-state index in [1.54, 1.807) is 35.2 Å².